The van der Waals surface area contributed by atoms with Crippen LogP contribution in [0.2, 0.25) is 0 Å². The Balaban J connectivity index is 0.000000741. The van der Waals surface area contributed by atoms with E-state index in [0.29, 0.717) is 6.42 Å². The van der Waals surface area contributed by atoms with Gasteiger partial charge in [-0.15, -0.1) is 0 Å². The van der Waals surface area contributed by atoms with Crippen molar-refractivity contribution in [3.05, 3.63) is 29.8 Å². The second kappa shape index (κ2) is 10.4. The molecule has 0 aliphatic carbocycles. The summed E-state index contributed by atoms with van der Waals surface area (Å²) in [6.07, 6.45) is 0.591. The average molecular weight is 264 g/mol. The van der Waals surface area contributed by atoms with Crippen LogP contribution >= 0.6 is 0 Å². The summed E-state index contributed by atoms with van der Waals surface area (Å²) in [5.41, 5.74) is 2.47. The van der Waals surface area contributed by atoms with Crippen LogP contribution in [0.4, 0.5) is 5.69 Å². The first-order chi connectivity index (χ1) is 9.25. The van der Waals surface area contributed by atoms with Crippen LogP contribution in [0.3, 0.4) is 0 Å². The molecule has 1 aliphatic heterocycles. The highest BCUT2D eigenvalue weighted by atomic mass is 16.1. The molecule has 2 rings (SSSR count). The first-order valence-electron chi connectivity index (χ1n) is 7.34. The van der Waals surface area contributed by atoms with Crippen LogP contribution in [0, 0.1) is 6.92 Å². The summed E-state index contributed by atoms with van der Waals surface area (Å²) in [7, 11) is 0. The number of carbonyl (C=O) groups excluding carboxylic acids is 1. The van der Waals surface area contributed by atoms with Crippen LogP contribution in [0.25, 0.3) is 0 Å². The van der Waals surface area contributed by atoms with Gasteiger partial charge in [-0.2, -0.15) is 0 Å². The Bertz CT molecular complexity index is 346. The van der Waals surface area contributed by atoms with Crippen LogP contribution < -0.4 is 10.2 Å². The largest absolute Gasteiger partial charge is 0.369 e. The lowest BCUT2D eigenvalue weighted by Crippen LogP contribution is -2.28. The highest BCUT2D eigenvalue weighted by Gasteiger charge is 2.13. The molecule has 0 atom stereocenters. The number of anilines is 1. The van der Waals surface area contributed by atoms with E-state index in [1.54, 1.807) is 0 Å². The normalized spacial score (nSPS) is 14.2. The molecule has 0 bridgehead atoms. The Morgan fingerprint density at radius 3 is 2.16 bits per heavy atom. The quantitative estimate of drug-likeness (QED) is 0.843. The molecule has 1 amide bonds. The van der Waals surface area contributed by atoms with Gasteiger partial charge >= 0.3 is 0 Å². The summed E-state index contributed by atoms with van der Waals surface area (Å²) in [6, 6.07) is 8.45. The van der Waals surface area contributed by atoms with E-state index in [2.05, 4.69) is 41.4 Å². The third kappa shape index (κ3) is 6.27. The molecule has 19 heavy (non-hydrogen) atoms. The molecule has 1 N–H and O–H groups in total. The topological polar surface area (TPSA) is 32.3 Å². The number of carbonyl (C=O) groups is 1. The van der Waals surface area contributed by atoms with Crippen LogP contribution in [-0.4, -0.2) is 25.5 Å². The first kappa shape index (κ1) is 17.5. The minimum Gasteiger partial charge on any atom is -0.369 e. The van der Waals surface area contributed by atoms with E-state index in [4.69, 9.17) is 0 Å². The zero-order valence-electron chi connectivity index (χ0n) is 13.0. The molecule has 0 radical (unpaired) electrons. The number of hydrogen-bond donors (Lipinski definition) is 1. The van der Waals surface area contributed by atoms with Crippen molar-refractivity contribution in [3.8, 4) is 0 Å². The van der Waals surface area contributed by atoms with E-state index < -0.39 is 0 Å². The van der Waals surface area contributed by atoms with E-state index in [-0.39, 0.29) is 5.91 Å². The maximum atomic E-state index is 11.2. The van der Waals surface area contributed by atoms with Gasteiger partial charge in [0.05, 0.1) is 0 Å². The number of amides is 1. The molecule has 0 aromatic heterocycles. The van der Waals surface area contributed by atoms with Gasteiger partial charge in [-0.25, -0.2) is 0 Å². The van der Waals surface area contributed by atoms with E-state index in [0.717, 1.165) is 19.6 Å². The zero-order chi connectivity index (χ0) is 14.7. The van der Waals surface area contributed by atoms with Gasteiger partial charge in [-0.05, 0) is 19.1 Å². The Hall–Kier alpha value is -1.51. The molecule has 1 aliphatic rings. The Kier molecular flexibility index (Phi) is 9.59. The maximum Gasteiger partial charge on any atom is 0.221 e. The lowest BCUT2D eigenvalue weighted by atomic mass is 10.2. The van der Waals surface area contributed by atoms with Gasteiger partial charge in [0, 0.05) is 31.7 Å². The highest BCUT2D eigenvalue weighted by molar-refractivity contribution is 5.77. The van der Waals surface area contributed by atoms with Gasteiger partial charge in [-0.1, -0.05) is 45.4 Å². The number of aryl methyl sites for hydroxylation is 1. The summed E-state index contributed by atoms with van der Waals surface area (Å²) < 4.78 is 0. The fourth-order valence-electron chi connectivity index (χ4n) is 1.78. The predicted octanol–water partition coefficient (Wildman–Crippen LogP) is 3.37. The van der Waals surface area contributed by atoms with E-state index in [9.17, 15) is 4.79 Å². The standard InChI is InChI=1S/C12H16N2O.2C2H6/c1-10-2-4-11(5-3-10)14-8-6-12(15)13-7-9-14;2*1-2/h2-5H,6-9H2,1H3,(H,13,15);2*1-2H3. The van der Waals surface area contributed by atoms with Crippen molar-refractivity contribution in [1.82, 2.24) is 5.32 Å². The fraction of sp³-hybridized carbons (Fsp3) is 0.562. The number of rotatable bonds is 1. The molecule has 1 saturated heterocycles. The molecule has 0 saturated carbocycles. The zero-order valence-corrected chi connectivity index (χ0v) is 13.0. The Morgan fingerprint density at radius 1 is 1.00 bits per heavy atom. The van der Waals surface area contributed by atoms with Gasteiger partial charge in [0.15, 0.2) is 0 Å². The van der Waals surface area contributed by atoms with E-state index >= 15 is 0 Å². The van der Waals surface area contributed by atoms with Crippen molar-refractivity contribution in [2.45, 2.75) is 41.0 Å². The molecule has 1 aromatic rings. The van der Waals surface area contributed by atoms with Crippen molar-refractivity contribution in [1.29, 1.82) is 0 Å². The summed E-state index contributed by atoms with van der Waals surface area (Å²) in [5.74, 6) is 0.157. The van der Waals surface area contributed by atoms with Gasteiger partial charge < -0.3 is 10.2 Å². The molecule has 1 fully saturated rings. The lowest BCUT2D eigenvalue weighted by Gasteiger charge is -2.21. The van der Waals surface area contributed by atoms with E-state index in [1.807, 2.05) is 27.7 Å². The molecule has 3 heteroatoms. The number of benzene rings is 1. The Morgan fingerprint density at radius 2 is 1.58 bits per heavy atom. The summed E-state index contributed by atoms with van der Waals surface area (Å²) in [5, 5.41) is 2.88. The Labute approximate surface area is 118 Å². The summed E-state index contributed by atoms with van der Waals surface area (Å²) in [4.78, 5) is 13.4. The van der Waals surface area contributed by atoms with Gasteiger partial charge in [-0.3, -0.25) is 4.79 Å². The van der Waals surface area contributed by atoms with Crippen molar-refractivity contribution >= 4 is 11.6 Å². The van der Waals surface area contributed by atoms with Gasteiger partial charge in [0.25, 0.3) is 0 Å². The smallest absolute Gasteiger partial charge is 0.221 e. The number of hydrogen-bond acceptors (Lipinski definition) is 2. The van der Waals surface area contributed by atoms with E-state index in [1.165, 1.54) is 11.3 Å². The lowest BCUT2D eigenvalue weighted by molar-refractivity contribution is -0.120. The summed E-state index contributed by atoms with van der Waals surface area (Å²) in [6.45, 7) is 12.5. The molecular weight excluding hydrogens is 236 g/mol. The van der Waals surface area contributed by atoms with Gasteiger partial charge in [0.1, 0.15) is 0 Å². The average Bonchev–Trinajstić information content (AvgIpc) is 2.69. The number of nitrogens with zero attached hydrogens (tertiary/aromatic N) is 1. The van der Waals surface area contributed by atoms with Gasteiger partial charge in [0.2, 0.25) is 5.91 Å². The molecule has 1 heterocycles. The summed E-state index contributed by atoms with van der Waals surface area (Å²) >= 11 is 0. The second-order valence-corrected chi connectivity index (χ2v) is 3.92. The SMILES string of the molecule is CC.CC.Cc1ccc(N2CCNC(=O)CC2)cc1. The third-order valence-corrected chi connectivity index (χ3v) is 2.71. The fourth-order valence-corrected chi connectivity index (χ4v) is 1.78. The molecular formula is C16H28N2O. The van der Waals surface area contributed by atoms with Crippen molar-refractivity contribution in [2.24, 2.45) is 0 Å². The third-order valence-electron chi connectivity index (χ3n) is 2.71. The minimum absolute atomic E-state index is 0.157. The first-order valence-corrected chi connectivity index (χ1v) is 7.34. The maximum absolute atomic E-state index is 11.2. The van der Waals surface area contributed by atoms with Crippen LogP contribution in [0.1, 0.15) is 39.7 Å². The monoisotopic (exact) mass is 264 g/mol. The van der Waals surface area contributed by atoms with Crippen LogP contribution in [0.15, 0.2) is 24.3 Å². The highest BCUT2D eigenvalue weighted by Crippen LogP contribution is 2.15. The molecule has 0 spiro atoms. The van der Waals surface area contributed by atoms with Crippen LogP contribution in [0.5, 0.6) is 0 Å². The molecule has 3 nitrogen and oxygen atoms in total. The molecule has 108 valence electrons. The van der Waals surface area contributed by atoms with Crippen LogP contribution in [-0.2, 0) is 4.79 Å². The van der Waals surface area contributed by atoms with Crippen molar-refractivity contribution in [2.75, 3.05) is 24.5 Å². The number of nitrogens with one attached hydrogen (secondary N) is 1. The van der Waals surface area contributed by atoms with Crippen molar-refractivity contribution in [3.63, 3.8) is 0 Å². The molecule has 1 aromatic carbocycles. The minimum atomic E-state index is 0.157. The van der Waals surface area contributed by atoms with Crippen molar-refractivity contribution < 1.29 is 4.79 Å². The predicted molar refractivity (Wildman–Crippen MR) is 83.7 cm³/mol. The second-order valence-electron chi connectivity index (χ2n) is 3.92. The molecule has 0 unspecified atom stereocenters.